The fraction of sp³-hybridized carbons (Fsp3) is 0.471. The fourth-order valence-electron chi connectivity index (χ4n) is 2.12. The van der Waals surface area contributed by atoms with Crippen molar-refractivity contribution in [3.63, 3.8) is 0 Å². The maximum Gasteiger partial charge on any atom is 0.307 e. The van der Waals surface area contributed by atoms with Gasteiger partial charge in [-0.2, -0.15) is 0 Å². The van der Waals surface area contributed by atoms with E-state index < -0.39 is 28.5 Å². The number of carbonyl (C=O) groups excluding carboxylic acids is 3. The van der Waals surface area contributed by atoms with Crippen LogP contribution in [0.5, 0.6) is 0 Å². The van der Waals surface area contributed by atoms with Crippen LogP contribution in [0.25, 0.3) is 0 Å². The molecule has 0 aromatic heterocycles. The molecule has 0 heterocycles. The van der Waals surface area contributed by atoms with Gasteiger partial charge in [0.25, 0.3) is 5.91 Å². The van der Waals surface area contributed by atoms with Crippen molar-refractivity contribution in [2.24, 2.45) is 0 Å². The second-order valence-corrected chi connectivity index (χ2v) is 7.70. The number of hydrogen-bond acceptors (Lipinski definition) is 7. The van der Waals surface area contributed by atoms with Crippen LogP contribution in [0.4, 0.5) is 5.69 Å². The molecule has 3 N–H and O–H groups in total. The maximum absolute atomic E-state index is 12.2. The molecule has 1 aromatic carbocycles. The average molecular weight is 415 g/mol. The van der Waals surface area contributed by atoms with Gasteiger partial charge in [0, 0.05) is 32.3 Å². The maximum atomic E-state index is 12.2. The number of ether oxygens (including phenoxy) is 2. The Hall–Kier alpha value is -2.50. The van der Waals surface area contributed by atoms with Crippen molar-refractivity contribution in [1.82, 2.24) is 10.0 Å². The van der Waals surface area contributed by atoms with Crippen LogP contribution in [0, 0.1) is 0 Å². The van der Waals surface area contributed by atoms with E-state index >= 15 is 0 Å². The summed E-state index contributed by atoms with van der Waals surface area (Å²) in [5, 5.41) is 5.10. The predicted octanol–water partition coefficient (Wildman–Crippen LogP) is 0.00770. The normalized spacial score (nSPS) is 12.1. The van der Waals surface area contributed by atoms with Crippen LogP contribution in [0.3, 0.4) is 0 Å². The van der Waals surface area contributed by atoms with E-state index in [-0.39, 0.29) is 29.8 Å². The Morgan fingerprint density at radius 3 is 2.36 bits per heavy atom. The van der Waals surface area contributed by atoms with Crippen molar-refractivity contribution in [3.05, 3.63) is 24.3 Å². The van der Waals surface area contributed by atoms with Crippen molar-refractivity contribution in [3.8, 4) is 0 Å². The van der Waals surface area contributed by atoms with Gasteiger partial charge in [0.2, 0.25) is 15.9 Å². The third-order valence-electron chi connectivity index (χ3n) is 3.29. The van der Waals surface area contributed by atoms with Crippen molar-refractivity contribution in [1.29, 1.82) is 0 Å². The summed E-state index contributed by atoms with van der Waals surface area (Å²) in [7, 11) is -2.32. The van der Waals surface area contributed by atoms with E-state index in [1.54, 1.807) is 6.92 Å². The summed E-state index contributed by atoms with van der Waals surface area (Å²) < 4.78 is 36.3. The highest BCUT2D eigenvalue weighted by atomic mass is 32.2. The molecule has 11 heteroatoms. The summed E-state index contributed by atoms with van der Waals surface area (Å²) >= 11 is 0. The van der Waals surface area contributed by atoms with Gasteiger partial charge in [-0.3, -0.25) is 14.4 Å². The van der Waals surface area contributed by atoms with Crippen LogP contribution in [0.2, 0.25) is 0 Å². The Morgan fingerprint density at radius 1 is 1.14 bits per heavy atom. The number of methoxy groups -OCH3 is 1. The van der Waals surface area contributed by atoms with E-state index in [1.807, 2.05) is 0 Å². The summed E-state index contributed by atoms with van der Waals surface area (Å²) in [6.45, 7) is 2.77. The minimum Gasteiger partial charge on any atom is -0.456 e. The van der Waals surface area contributed by atoms with E-state index in [0.717, 1.165) is 0 Å². The molecule has 0 aliphatic carbocycles. The zero-order valence-electron chi connectivity index (χ0n) is 16.0. The van der Waals surface area contributed by atoms with Crippen molar-refractivity contribution < 1.29 is 32.3 Å². The second-order valence-electron chi connectivity index (χ2n) is 5.94. The first-order valence-corrected chi connectivity index (χ1v) is 9.93. The minimum atomic E-state index is -3.82. The van der Waals surface area contributed by atoms with E-state index in [1.165, 1.54) is 38.3 Å². The summed E-state index contributed by atoms with van der Waals surface area (Å²) in [5.74, 6) is -1.45. The molecule has 0 saturated carbocycles. The molecule has 0 fully saturated rings. The van der Waals surface area contributed by atoms with Gasteiger partial charge >= 0.3 is 5.97 Å². The third-order valence-corrected chi connectivity index (χ3v) is 4.77. The molecule has 1 aromatic rings. The highest BCUT2D eigenvalue weighted by molar-refractivity contribution is 7.89. The predicted molar refractivity (Wildman–Crippen MR) is 101 cm³/mol. The Morgan fingerprint density at radius 2 is 1.79 bits per heavy atom. The lowest BCUT2D eigenvalue weighted by Gasteiger charge is -2.12. The van der Waals surface area contributed by atoms with E-state index in [2.05, 4.69) is 15.4 Å². The summed E-state index contributed by atoms with van der Waals surface area (Å²) in [5.41, 5.74) is 0.466. The van der Waals surface area contributed by atoms with Crippen LogP contribution < -0.4 is 15.4 Å². The van der Waals surface area contributed by atoms with Gasteiger partial charge in [-0.25, -0.2) is 13.1 Å². The average Bonchev–Trinajstić information content (AvgIpc) is 2.60. The quantitative estimate of drug-likeness (QED) is 0.432. The summed E-state index contributed by atoms with van der Waals surface area (Å²) in [6.07, 6.45) is -0.232. The second kappa shape index (κ2) is 11.4. The number of rotatable bonds is 11. The minimum absolute atomic E-state index is 0.0125. The van der Waals surface area contributed by atoms with Crippen LogP contribution in [0.15, 0.2) is 29.2 Å². The van der Waals surface area contributed by atoms with Crippen LogP contribution in [-0.4, -0.2) is 59.1 Å². The molecule has 1 atom stereocenters. The van der Waals surface area contributed by atoms with E-state index in [9.17, 15) is 22.8 Å². The third kappa shape index (κ3) is 8.93. The van der Waals surface area contributed by atoms with Crippen LogP contribution >= 0.6 is 0 Å². The van der Waals surface area contributed by atoms with Crippen LogP contribution in [-0.2, 0) is 33.9 Å². The molecule has 0 aliphatic heterocycles. The van der Waals surface area contributed by atoms with E-state index in [4.69, 9.17) is 9.47 Å². The lowest BCUT2D eigenvalue weighted by Crippen LogP contribution is -2.38. The SMILES string of the molecule is COCC(C)NC(=O)COC(=O)CCNS(=O)(=O)c1ccc(NC(C)=O)cc1. The number of hydrogen-bond donors (Lipinski definition) is 3. The zero-order chi connectivity index (χ0) is 21.2. The largest absolute Gasteiger partial charge is 0.456 e. The zero-order valence-corrected chi connectivity index (χ0v) is 16.8. The first-order chi connectivity index (χ1) is 13.1. The highest BCUT2D eigenvalue weighted by Crippen LogP contribution is 2.13. The van der Waals surface area contributed by atoms with Crippen LogP contribution in [0.1, 0.15) is 20.3 Å². The number of sulfonamides is 1. The molecule has 28 heavy (non-hydrogen) atoms. The molecule has 0 spiro atoms. The molecule has 1 unspecified atom stereocenters. The molecule has 156 valence electrons. The van der Waals surface area contributed by atoms with Gasteiger partial charge < -0.3 is 20.1 Å². The molecule has 0 bridgehead atoms. The van der Waals surface area contributed by atoms with Crippen molar-refractivity contribution in [2.45, 2.75) is 31.2 Å². The highest BCUT2D eigenvalue weighted by Gasteiger charge is 2.15. The lowest BCUT2D eigenvalue weighted by atomic mass is 10.3. The van der Waals surface area contributed by atoms with Crippen molar-refractivity contribution in [2.75, 3.05) is 32.2 Å². The van der Waals surface area contributed by atoms with Gasteiger partial charge in [-0.05, 0) is 31.2 Å². The van der Waals surface area contributed by atoms with Gasteiger partial charge in [0.05, 0.1) is 17.9 Å². The van der Waals surface area contributed by atoms with Gasteiger partial charge in [0.15, 0.2) is 6.61 Å². The molecule has 1 rings (SSSR count). The first kappa shape index (κ1) is 23.5. The Kier molecular flexibility index (Phi) is 9.56. The molecular weight excluding hydrogens is 390 g/mol. The number of anilines is 1. The first-order valence-electron chi connectivity index (χ1n) is 8.45. The fourth-order valence-corrected chi connectivity index (χ4v) is 3.15. The Balaban J connectivity index is 2.39. The molecule has 2 amide bonds. The number of benzene rings is 1. The summed E-state index contributed by atoms with van der Waals surface area (Å²) in [6, 6.07) is 5.34. The number of amides is 2. The lowest BCUT2D eigenvalue weighted by molar-refractivity contribution is -0.148. The molecular formula is C17H25N3O7S. The summed E-state index contributed by atoms with van der Waals surface area (Å²) in [4.78, 5) is 34.1. The number of nitrogens with one attached hydrogen (secondary N) is 3. The molecule has 0 radical (unpaired) electrons. The van der Waals surface area contributed by atoms with Gasteiger partial charge in [-0.1, -0.05) is 0 Å². The van der Waals surface area contributed by atoms with Gasteiger partial charge in [-0.15, -0.1) is 0 Å². The molecule has 10 nitrogen and oxygen atoms in total. The van der Waals surface area contributed by atoms with Gasteiger partial charge in [0.1, 0.15) is 0 Å². The van der Waals surface area contributed by atoms with E-state index in [0.29, 0.717) is 12.3 Å². The smallest absolute Gasteiger partial charge is 0.307 e. The monoisotopic (exact) mass is 415 g/mol. The standard InChI is InChI=1S/C17H25N3O7S/c1-12(10-26-3)19-16(22)11-27-17(23)8-9-18-28(24,25)15-6-4-14(5-7-15)20-13(2)21/h4-7,12,18H,8-11H2,1-3H3,(H,19,22)(H,20,21). The number of carbonyl (C=O) groups is 3. The molecule has 0 saturated heterocycles. The molecule has 0 aliphatic rings. The topological polar surface area (TPSA) is 140 Å². The Labute approximate surface area is 164 Å². The Bertz CT molecular complexity index is 778. The van der Waals surface area contributed by atoms with Crippen molar-refractivity contribution >= 4 is 33.5 Å². The number of esters is 1.